The monoisotopic (exact) mass is 238 g/mol. The van der Waals surface area contributed by atoms with Gasteiger partial charge in [0.2, 0.25) is 5.88 Å². The third-order valence-corrected chi connectivity index (χ3v) is 2.56. The fourth-order valence-electron chi connectivity index (χ4n) is 1.76. The Balaban J connectivity index is 2.19. The standard InChI is InChI=1S/C13H10N4O/c14-12-10(9-5-2-1-3-6-9)11(17-18-12)13-15-7-4-8-16-13/h1-8H,14H2. The first-order valence-corrected chi connectivity index (χ1v) is 5.44. The number of nitrogens with zero attached hydrogens (tertiary/aromatic N) is 3. The van der Waals surface area contributed by atoms with Gasteiger partial charge in [-0.15, -0.1) is 0 Å². The fraction of sp³-hybridized carbons (Fsp3) is 0. The average Bonchev–Trinajstić information content (AvgIpc) is 2.83. The van der Waals surface area contributed by atoms with Gasteiger partial charge >= 0.3 is 0 Å². The number of hydrogen-bond acceptors (Lipinski definition) is 5. The Bertz CT molecular complexity index is 649. The van der Waals surface area contributed by atoms with Crippen LogP contribution in [0, 0.1) is 0 Å². The van der Waals surface area contributed by atoms with E-state index in [0.29, 0.717) is 11.5 Å². The maximum atomic E-state index is 5.83. The van der Waals surface area contributed by atoms with E-state index in [1.165, 1.54) is 0 Å². The number of rotatable bonds is 2. The van der Waals surface area contributed by atoms with Crippen molar-refractivity contribution in [1.29, 1.82) is 0 Å². The molecular weight excluding hydrogens is 228 g/mol. The zero-order valence-electron chi connectivity index (χ0n) is 9.45. The van der Waals surface area contributed by atoms with E-state index in [9.17, 15) is 0 Å². The minimum absolute atomic E-state index is 0.267. The van der Waals surface area contributed by atoms with Crippen molar-refractivity contribution in [2.45, 2.75) is 0 Å². The van der Waals surface area contributed by atoms with Crippen LogP contribution in [-0.4, -0.2) is 15.1 Å². The Morgan fingerprint density at radius 2 is 1.67 bits per heavy atom. The molecule has 5 heteroatoms. The minimum Gasteiger partial charge on any atom is -0.367 e. The normalized spacial score (nSPS) is 10.4. The lowest BCUT2D eigenvalue weighted by Crippen LogP contribution is -1.91. The molecule has 0 radical (unpaired) electrons. The molecule has 0 aliphatic carbocycles. The van der Waals surface area contributed by atoms with Crippen LogP contribution in [0.2, 0.25) is 0 Å². The Morgan fingerprint density at radius 3 is 2.39 bits per heavy atom. The average molecular weight is 238 g/mol. The quantitative estimate of drug-likeness (QED) is 0.741. The highest BCUT2D eigenvalue weighted by atomic mass is 16.5. The lowest BCUT2D eigenvalue weighted by Gasteiger charge is -2.00. The highest BCUT2D eigenvalue weighted by molar-refractivity contribution is 5.84. The van der Waals surface area contributed by atoms with E-state index >= 15 is 0 Å². The predicted octanol–water partition coefficient (Wildman–Crippen LogP) is 2.38. The third-order valence-electron chi connectivity index (χ3n) is 2.56. The molecule has 0 spiro atoms. The van der Waals surface area contributed by atoms with Gasteiger partial charge in [0, 0.05) is 12.4 Å². The van der Waals surface area contributed by atoms with Crippen LogP contribution in [0.25, 0.3) is 22.6 Å². The zero-order valence-corrected chi connectivity index (χ0v) is 9.45. The molecule has 0 fully saturated rings. The first kappa shape index (κ1) is 10.5. The van der Waals surface area contributed by atoms with Crippen molar-refractivity contribution in [3.8, 4) is 22.6 Å². The molecule has 1 aromatic carbocycles. The molecule has 2 heterocycles. The molecule has 0 amide bonds. The second-order valence-electron chi connectivity index (χ2n) is 3.71. The second-order valence-corrected chi connectivity index (χ2v) is 3.71. The molecule has 18 heavy (non-hydrogen) atoms. The number of hydrogen-bond donors (Lipinski definition) is 1. The summed E-state index contributed by atoms with van der Waals surface area (Å²) < 4.78 is 5.05. The molecule has 0 saturated heterocycles. The van der Waals surface area contributed by atoms with Crippen LogP contribution in [-0.2, 0) is 0 Å². The Morgan fingerprint density at radius 1 is 0.944 bits per heavy atom. The fourth-order valence-corrected chi connectivity index (χ4v) is 1.76. The predicted molar refractivity (Wildman–Crippen MR) is 67.4 cm³/mol. The number of nitrogen functional groups attached to an aromatic ring is 1. The summed E-state index contributed by atoms with van der Waals surface area (Å²) in [6.07, 6.45) is 3.31. The van der Waals surface area contributed by atoms with Crippen molar-refractivity contribution < 1.29 is 4.52 Å². The summed E-state index contributed by atoms with van der Waals surface area (Å²) in [5.74, 6) is 0.764. The summed E-state index contributed by atoms with van der Waals surface area (Å²) in [5, 5.41) is 3.94. The van der Waals surface area contributed by atoms with E-state index in [1.807, 2.05) is 30.3 Å². The topological polar surface area (TPSA) is 77.8 Å². The number of nitrogens with two attached hydrogens (primary N) is 1. The first-order valence-electron chi connectivity index (χ1n) is 5.44. The van der Waals surface area contributed by atoms with Crippen molar-refractivity contribution in [3.63, 3.8) is 0 Å². The van der Waals surface area contributed by atoms with Crippen LogP contribution in [0.5, 0.6) is 0 Å². The van der Waals surface area contributed by atoms with Gasteiger partial charge in [0.15, 0.2) is 11.5 Å². The van der Waals surface area contributed by atoms with Gasteiger partial charge in [0.05, 0.1) is 5.56 Å². The maximum Gasteiger partial charge on any atom is 0.230 e. The van der Waals surface area contributed by atoms with Gasteiger partial charge in [-0.3, -0.25) is 0 Å². The molecule has 0 aliphatic rings. The van der Waals surface area contributed by atoms with Crippen LogP contribution >= 0.6 is 0 Å². The van der Waals surface area contributed by atoms with Gasteiger partial charge in [0.25, 0.3) is 0 Å². The molecular formula is C13H10N4O. The van der Waals surface area contributed by atoms with E-state index in [1.54, 1.807) is 18.5 Å². The number of anilines is 1. The minimum atomic E-state index is 0.267. The Labute approximate surface area is 103 Å². The highest BCUT2D eigenvalue weighted by Gasteiger charge is 2.18. The summed E-state index contributed by atoms with van der Waals surface area (Å²) in [4.78, 5) is 8.32. The number of benzene rings is 1. The van der Waals surface area contributed by atoms with Gasteiger partial charge < -0.3 is 10.3 Å². The lowest BCUT2D eigenvalue weighted by atomic mass is 10.1. The molecule has 88 valence electrons. The molecule has 2 N–H and O–H groups in total. The van der Waals surface area contributed by atoms with Crippen molar-refractivity contribution in [2.24, 2.45) is 0 Å². The second kappa shape index (κ2) is 4.29. The van der Waals surface area contributed by atoms with Gasteiger partial charge in [-0.25, -0.2) is 9.97 Å². The van der Waals surface area contributed by atoms with E-state index in [-0.39, 0.29) is 5.88 Å². The van der Waals surface area contributed by atoms with Crippen LogP contribution in [0.3, 0.4) is 0 Å². The zero-order chi connectivity index (χ0) is 12.4. The van der Waals surface area contributed by atoms with Gasteiger partial charge in [-0.1, -0.05) is 35.5 Å². The van der Waals surface area contributed by atoms with E-state index in [0.717, 1.165) is 11.1 Å². The van der Waals surface area contributed by atoms with E-state index < -0.39 is 0 Å². The molecule has 3 aromatic rings. The third kappa shape index (κ3) is 1.71. The highest BCUT2D eigenvalue weighted by Crippen LogP contribution is 2.34. The molecule has 0 bridgehead atoms. The molecule has 0 aliphatic heterocycles. The lowest BCUT2D eigenvalue weighted by molar-refractivity contribution is 0.439. The smallest absolute Gasteiger partial charge is 0.230 e. The number of aromatic nitrogens is 3. The summed E-state index contributed by atoms with van der Waals surface area (Å²) in [6.45, 7) is 0. The van der Waals surface area contributed by atoms with Crippen LogP contribution < -0.4 is 5.73 Å². The van der Waals surface area contributed by atoms with E-state index in [2.05, 4.69) is 15.1 Å². The molecule has 0 unspecified atom stereocenters. The van der Waals surface area contributed by atoms with Crippen molar-refractivity contribution >= 4 is 5.88 Å². The molecule has 0 saturated carbocycles. The summed E-state index contributed by atoms with van der Waals surface area (Å²) >= 11 is 0. The maximum absolute atomic E-state index is 5.83. The van der Waals surface area contributed by atoms with Crippen LogP contribution in [0.4, 0.5) is 5.88 Å². The Kier molecular flexibility index (Phi) is 2.49. The van der Waals surface area contributed by atoms with Crippen molar-refractivity contribution in [2.75, 3.05) is 5.73 Å². The van der Waals surface area contributed by atoms with Crippen LogP contribution in [0.1, 0.15) is 0 Å². The molecule has 3 rings (SSSR count). The SMILES string of the molecule is Nc1onc(-c2ncccn2)c1-c1ccccc1. The largest absolute Gasteiger partial charge is 0.367 e. The van der Waals surface area contributed by atoms with Gasteiger partial charge in [0.1, 0.15) is 0 Å². The summed E-state index contributed by atoms with van der Waals surface area (Å²) in [7, 11) is 0. The van der Waals surface area contributed by atoms with Crippen molar-refractivity contribution in [3.05, 3.63) is 48.8 Å². The molecule has 5 nitrogen and oxygen atoms in total. The summed E-state index contributed by atoms with van der Waals surface area (Å²) in [5.41, 5.74) is 8.03. The van der Waals surface area contributed by atoms with Gasteiger partial charge in [-0.2, -0.15) is 0 Å². The first-order chi connectivity index (χ1) is 8.86. The van der Waals surface area contributed by atoms with Crippen molar-refractivity contribution in [1.82, 2.24) is 15.1 Å². The van der Waals surface area contributed by atoms with Crippen LogP contribution in [0.15, 0.2) is 53.3 Å². The van der Waals surface area contributed by atoms with E-state index in [4.69, 9.17) is 10.3 Å². The summed E-state index contributed by atoms with van der Waals surface area (Å²) in [6, 6.07) is 11.4. The van der Waals surface area contributed by atoms with Gasteiger partial charge in [-0.05, 0) is 11.6 Å². The Hall–Kier alpha value is -2.69. The molecule has 0 atom stereocenters. The molecule has 2 aromatic heterocycles.